The Balaban J connectivity index is 2.05. The molecule has 1 atom stereocenters. The van der Waals surface area contributed by atoms with Crippen molar-refractivity contribution < 1.29 is 22.8 Å². The fourth-order valence-electron chi connectivity index (χ4n) is 2.92. The Morgan fingerprint density at radius 2 is 1.81 bits per heavy atom. The number of hydrogen-bond donors (Lipinski definition) is 0. The topological polar surface area (TPSA) is 40.6 Å². The maximum atomic E-state index is 13.1. The summed E-state index contributed by atoms with van der Waals surface area (Å²) in [5.41, 5.74) is -1.35. The number of carbonyl (C=O) groups excluding carboxylic acids is 2. The Kier molecular flexibility index (Phi) is 3.15. The van der Waals surface area contributed by atoms with Crippen LogP contribution in [0.25, 0.3) is 0 Å². The van der Waals surface area contributed by atoms with Gasteiger partial charge in [-0.15, -0.1) is 0 Å². The highest BCUT2D eigenvalue weighted by atomic mass is 19.4. The number of piperidine rings is 1. The highest BCUT2D eigenvalue weighted by Crippen LogP contribution is 2.39. The number of benzene rings is 1. The lowest BCUT2D eigenvalue weighted by molar-refractivity contribution is -0.137. The first-order valence-electron chi connectivity index (χ1n) is 6.72. The van der Waals surface area contributed by atoms with Gasteiger partial charge in [0, 0.05) is 6.54 Å². The largest absolute Gasteiger partial charge is 0.418 e. The lowest BCUT2D eigenvalue weighted by Gasteiger charge is -2.26. The minimum Gasteiger partial charge on any atom is -0.312 e. The van der Waals surface area contributed by atoms with Gasteiger partial charge in [0.25, 0.3) is 5.91 Å². The molecule has 2 heterocycles. The molecule has 2 aliphatic rings. The molecule has 0 saturated carbocycles. The van der Waals surface area contributed by atoms with Crippen LogP contribution in [0.5, 0.6) is 0 Å². The van der Waals surface area contributed by atoms with E-state index in [0.29, 0.717) is 17.9 Å². The number of fused-ring (bicyclic) bond motifs is 1. The van der Waals surface area contributed by atoms with Crippen LogP contribution in [0.3, 0.4) is 0 Å². The molecule has 2 aliphatic heterocycles. The second-order valence-electron chi connectivity index (χ2n) is 5.18. The van der Waals surface area contributed by atoms with Crippen molar-refractivity contribution in [3.63, 3.8) is 0 Å². The van der Waals surface area contributed by atoms with Gasteiger partial charge >= 0.3 is 12.2 Å². The zero-order chi connectivity index (χ0) is 15.2. The normalized spacial score (nSPS) is 22.7. The van der Waals surface area contributed by atoms with E-state index in [2.05, 4.69) is 0 Å². The minimum atomic E-state index is -4.61. The first kappa shape index (κ1) is 13.9. The zero-order valence-electron chi connectivity index (χ0n) is 11.1. The summed E-state index contributed by atoms with van der Waals surface area (Å²) < 4.78 is 39.2. The number of rotatable bonds is 1. The standard InChI is InChI=1S/C14H13F3N2O2/c15-14(16,17)9-5-1-2-6-10(9)19-12(20)11-7-3-4-8-18(11)13(19)21/h1-2,5-6,11H,3-4,7-8H2. The van der Waals surface area contributed by atoms with Crippen LogP contribution in [0, 0.1) is 0 Å². The number of alkyl halides is 3. The third-order valence-electron chi connectivity index (χ3n) is 3.90. The zero-order valence-corrected chi connectivity index (χ0v) is 11.1. The summed E-state index contributed by atoms with van der Waals surface area (Å²) in [5, 5.41) is 0. The van der Waals surface area contributed by atoms with Crippen molar-refractivity contribution in [3.8, 4) is 0 Å². The van der Waals surface area contributed by atoms with Gasteiger partial charge in [-0.3, -0.25) is 4.79 Å². The molecule has 2 saturated heterocycles. The fourth-order valence-corrected chi connectivity index (χ4v) is 2.92. The Hall–Kier alpha value is -2.05. The Bertz CT molecular complexity index is 576. The van der Waals surface area contributed by atoms with E-state index >= 15 is 0 Å². The summed E-state index contributed by atoms with van der Waals surface area (Å²) in [5.74, 6) is -0.559. The third kappa shape index (κ3) is 2.16. The fraction of sp³-hybridized carbons (Fsp3) is 0.429. The van der Waals surface area contributed by atoms with Gasteiger partial charge in [0.15, 0.2) is 0 Å². The van der Waals surface area contributed by atoms with E-state index in [1.807, 2.05) is 0 Å². The molecule has 0 aromatic heterocycles. The Morgan fingerprint density at radius 1 is 1.10 bits per heavy atom. The molecule has 0 bridgehead atoms. The summed E-state index contributed by atoms with van der Waals surface area (Å²) in [6.45, 7) is 0.417. The quantitative estimate of drug-likeness (QED) is 0.748. The Labute approximate surface area is 119 Å². The molecule has 0 radical (unpaired) electrons. The van der Waals surface area contributed by atoms with Crippen molar-refractivity contribution in [2.45, 2.75) is 31.5 Å². The molecule has 1 aromatic carbocycles. The molecule has 0 N–H and O–H groups in total. The predicted molar refractivity (Wildman–Crippen MR) is 68.7 cm³/mol. The number of amides is 3. The van der Waals surface area contributed by atoms with Gasteiger partial charge < -0.3 is 4.90 Å². The molecule has 0 aliphatic carbocycles. The maximum absolute atomic E-state index is 13.1. The SMILES string of the molecule is O=C1C2CCCCN2C(=O)N1c1ccccc1C(F)(F)F. The van der Waals surface area contributed by atoms with E-state index in [-0.39, 0.29) is 5.69 Å². The summed E-state index contributed by atoms with van der Waals surface area (Å²) in [6, 6.07) is 3.41. The second kappa shape index (κ2) is 4.75. The maximum Gasteiger partial charge on any atom is 0.418 e. The number of anilines is 1. The van der Waals surface area contributed by atoms with Crippen LogP contribution in [0.15, 0.2) is 24.3 Å². The number of nitrogens with zero attached hydrogens (tertiary/aromatic N) is 2. The van der Waals surface area contributed by atoms with Crippen molar-refractivity contribution in [3.05, 3.63) is 29.8 Å². The first-order chi connectivity index (χ1) is 9.91. The van der Waals surface area contributed by atoms with Gasteiger partial charge in [-0.2, -0.15) is 13.2 Å². The average molecular weight is 298 g/mol. The van der Waals surface area contributed by atoms with Crippen LogP contribution in [-0.4, -0.2) is 29.4 Å². The van der Waals surface area contributed by atoms with Crippen molar-refractivity contribution in [1.82, 2.24) is 4.90 Å². The van der Waals surface area contributed by atoms with Gasteiger partial charge in [-0.1, -0.05) is 12.1 Å². The van der Waals surface area contributed by atoms with E-state index in [9.17, 15) is 22.8 Å². The molecule has 1 aromatic rings. The lowest BCUT2D eigenvalue weighted by Crippen LogP contribution is -2.39. The molecular formula is C14H13F3N2O2. The molecule has 3 rings (SSSR count). The monoisotopic (exact) mass is 298 g/mol. The molecule has 112 valence electrons. The van der Waals surface area contributed by atoms with E-state index in [4.69, 9.17) is 0 Å². The molecule has 1 unspecified atom stereocenters. The van der Waals surface area contributed by atoms with Crippen LogP contribution < -0.4 is 4.90 Å². The lowest BCUT2D eigenvalue weighted by atomic mass is 10.0. The van der Waals surface area contributed by atoms with Crippen LogP contribution in [0.2, 0.25) is 0 Å². The van der Waals surface area contributed by atoms with E-state index in [1.165, 1.54) is 17.0 Å². The van der Waals surface area contributed by atoms with Crippen LogP contribution in [-0.2, 0) is 11.0 Å². The highest BCUT2D eigenvalue weighted by molar-refractivity contribution is 6.21. The van der Waals surface area contributed by atoms with Crippen molar-refractivity contribution in [2.75, 3.05) is 11.4 Å². The van der Waals surface area contributed by atoms with Crippen molar-refractivity contribution in [2.24, 2.45) is 0 Å². The molecule has 2 fully saturated rings. The number of para-hydroxylation sites is 1. The van der Waals surface area contributed by atoms with Gasteiger partial charge in [-0.25, -0.2) is 9.69 Å². The number of hydrogen-bond acceptors (Lipinski definition) is 2. The summed E-state index contributed by atoms with van der Waals surface area (Å²) in [7, 11) is 0. The summed E-state index contributed by atoms with van der Waals surface area (Å²) in [6.07, 6.45) is -2.53. The first-order valence-corrected chi connectivity index (χ1v) is 6.72. The third-order valence-corrected chi connectivity index (χ3v) is 3.90. The van der Waals surface area contributed by atoms with Crippen LogP contribution >= 0.6 is 0 Å². The van der Waals surface area contributed by atoms with Gasteiger partial charge in [0.1, 0.15) is 6.04 Å². The van der Waals surface area contributed by atoms with Gasteiger partial charge in [-0.05, 0) is 31.4 Å². The Morgan fingerprint density at radius 3 is 2.48 bits per heavy atom. The molecule has 7 heteroatoms. The minimum absolute atomic E-state index is 0.380. The van der Waals surface area contributed by atoms with Gasteiger partial charge in [0.2, 0.25) is 0 Å². The molecule has 3 amide bonds. The smallest absolute Gasteiger partial charge is 0.312 e. The molecular weight excluding hydrogens is 285 g/mol. The van der Waals surface area contributed by atoms with E-state index < -0.39 is 29.7 Å². The summed E-state index contributed by atoms with van der Waals surface area (Å²) >= 11 is 0. The second-order valence-corrected chi connectivity index (χ2v) is 5.18. The van der Waals surface area contributed by atoms with Gasteiger partial charge in [0.05, 0.1) is 11.3 Å². The van der Waals surface area contributed by atoms with Crippen LogP contribution in [0.4, 0.5) is 23.7 Å². The summed E-state index contributed by atoms with van der Waals surface area (Å²) in [4.78, 5) is 26.7. The highest BCUT2D eigenvalue weighted by Gasteiger charge is 2.48. The molecule has 0 spiro atoms. The number of halogens is 3. The average Bonchev–Trinajstić information content (AvgIpc) is 2.71. The number of carbonyl (C=O) groups is 2. The molecule has 21 heavy (non-hydrogen) atoms. The number of urea groups is 1. The van der Waals surface area contributed by atoms with Crippen LogP contribution in [0.1, 0.15) is 24.8 Å². The van der Waals surface area contributed by atoms with Crippen molar-refractivity contribution in [1.29, 1.82) is 0 Å². The van der Waals surface area contributed by atoms with E-state index in [0.717, 1.165) is 25.0 Å². The predicted octanol–water partition coefficient (Wildman–Crippen LogP) is 3.03. The van der Waals surface area contributed by atoms with Crippen molar-refractivity contribution >= 4 is 17.6 Å². The number of imide groups is 1. The van der Waals surface area contributed by atoms with E-state index in [1.54, 1.807) is 0 Å². The molecule has 4 nitrogen and oxygen atoms in total.